The Morgan fingerprint density at radius 2 is 2.12 bits per heavy atom. The number of aromatic hydroxyl groups is 1. The van der Waals surface area contributed by atoms with Crippen molar-refractivity contribution in [1.82, 2.24) is 14.9 Å². The third-order valence-electron chi connectivity index (χ3n) is 6.05. The van der Waals surface area contributed by atoms with E-state index in [0.717, 1.165) is 4.57 Å². The molecule has 0 saturated heterocycles. The highest BCUT2D eigenvalue weighted by Crippen LogP contribution is 2.37. The molecule has 2 aromatic rings. The van der Waals surface area contributed by atoms with Gasteiger partial charge in [0, 0.05) is 24.7 Å². The minimum atomic E-state index is -3.33. The van der Waals surface area contributed by atoms with Gasteiger partial charge < -0.3 is 20.8 Å². The van der Waals surface area contributed by atoms with Gasteiger partial charge in [-0.1, -0.05) is 18.2 Å². The standard InChI is InChI=1S/C23H25F3N4O4/c1-2-13(4-3-7-24)8-14-9-27-17-18-16(14)28-11-23(25,26)12-30(18)21(33)15(19(17)31)20(32)29-10-22(34)5-6-22/h2-4,9,28,31,34H,5-8,10-12H2,1H3,(H,29,32). The maximum absolute atomic E-state index is 14.6. The van der Waals surface area contributed by atoms with Gasteiger partial charge >= 0.3 is 0 Å². The SMILES string of the molecule is CC=C(C=CCF)Cc1cnc2c(O)c(C(=O)NCC3(O)CC3)c(=O)n3c2c1NCC(F)(F)C3. The number of amides is 1. The first-order valence-electron chi connectivity index (χ1n) is 10.9. The number of carbonyl (C=O) groups excluding carboxylic acids is 1. The molecule has 1 amide bonds. The Morgan fingerprint density at radius 1 is 1.38 bits per heavy atom. The van der Waals surface area contributed by atoms with Crippen molar-refractivity contribution in [2.45, 2.75) is 44.3 Å². The maximum Gasteiger partial charge on any atom is 0.282 e. The second kappa shape index (κ2) is 8.79. The van der Waals surface area contributed by atoms with Crippen LogP contribution in [-0.2, 0) is 13.0 Å². The minimum absolute atomic E-state index is 0.0422. The van der Waals surface area contributed by atoms with Crippen LogP contribution in [0.25, 0.3) is 11.0 Å². The van der Waals surface area contributed by atoms with Gasteiger partial charge in [0.1, 0.15) is 17.8 Å². The summed E-state index contributed by atoms with van der Waals surface area (Å²) in [4.78, 5) is 30.1. The van der Waals surface area contributed by atoms with Gasteiger partial charge in [-0.05, 0) is 25.3 Å². The van der Waals surface area contributed by atoms with Crippen LogP contribution in [0.3, 0.4) is 0 Å². The van der Waals surface area contributed by atoms with Gasteiger partial charge in [-0.3, -0.25) is 19.1 Å². The Hall–Kier alpha value is -3.34. The average Bonchev–Trinajstić information content (AvgIpc) is 3.56. The molecule has 0 radical (unpaired) electrons. The smallest absolute Gasteiger partial charge is 0.282 e. The van der Waals surface area contributed by atoms with Crippen LogP contribution in [0.4, 0.5) is 18.9 Å². The molecule has 2 aliphatic rings. The van der Waals surface area contributed by atoms with Crippen molar-refractivity contribution in [1.29, 1.82) is 0 Å². The molecule has 182 valence electrons. The molecule has 0 unspecified atom stereocenters. The van der Waals surface area contributed by atoms with E-state index in [0.29, 0.717) is 24.0 Å². The highest BCUT2D eigenvalue weighted by molar-refractivity contribution is 6.04. The molecule has 1 aliphatic carbocycles. The van der Waals surface area contributed by atoms with Crippen molar-refractivity contribution in [3.05, 3.63) is 51.5 Å². The Labute approximate surface area is 192 Å². The normalized spacial score (nSPS) is 18.6. The van der Waals surface area contributed by atoms with Gasteiger partial charge in [-0.25, -0.2) is 13.2 Å². The number of rotatable bonds is 7. The highest BCUT2D eigenvalue weighted by atomic mass is 19.3. The third-order valence-corrected chi connectivity index (χ3v) is 6.05. The van der Waals surface area contributed by atoms with E-state index >= 15 is 0 Å². The number of anilines is 1. The summed E-state index contributed by atoms with van der Waals surface area (Å²) in [6.45, 7) is -0.843. The van der Waals surface area contributed by atoms with E-state index in [1.807, 2.05) is 0 Å². The predicted octanol–water partition coefficient (Wildman–Crippen LogP) is 2.43. The van der Waals surface area contributed by atoms with Crippen molar-refractivity contribution in [2.24, 2.45) is 0 Å². The molecule has 11 heteroatoms. The highest BCUT2D eigenvalue weighted by Gasteiger charge is 2.41. The summed E-state index contributed by atoms with van der Waals surface area (Å²) in [5.74, 6) is -5.03. The lowest BCUT2D eigenvalue weighted by molar-refractivity contribution is -0.000936. The zero-order valence-corrected chi connectivity index (χ0v) is 18.5. The van der Waals surface area contributed by atoms with E-state index in [1.165, 1.54) is 12.3 Å². The molecule has 0 atom stereocenters. The predicted molar refractivity (Wildman–Crippen MR) is 120 cm³/mol. The summed E-state index contributed by atoms with van der Waals surface area (Å²) in [5.41, 5.74) is -1.73. The van der Waals surface area contributed by atoms with Crippen molar-refractivity contribution < 1.29 is 28.2 Å². The fraction of sp³-hybridized carbons (Fsp3) is 0.435. The summed E-state index contributed by atoms with van der Waals surface area (Å²) in [7, 11) is 0. The molecule has 1 aliphatic heterocycles. The number of hydrogen-bond donors (Lipinski definition) is 4. The third kappa shape index (κ3) is 4.52. The first kappa shape index (κ1) is 23.8. The number of carbonyl (C=O) groups is 1. The largest absolute Gasteiger partial charge is 0.505 e. The van der Waals surface area contributed by atoms with E-state index in [9.17, 15) is 33.0 Å². The first-order valence-corrected chi connectivity index (χ1v) is 10.9. The number of alkyl halides is 3. The topological polar surface area (TPSA) is 116 Å². The van der Waals surface area contributed by atoms with Crippen molar-refractivity contribution >= 4 is 22.6 Å². The second-order valence-corrected chi connectivity index (χ2v) is 8.68. The maximum atomic E-state index is 14.6. The molecule has 8 nitrogen and oxygen atoms in total. The molecule has 4 rings (SSSR count). The lowest BCUT2D eigenvalue weighted by Crippen LogP contribution is -2.40. The Balaban J connectivity index is 1.87. The molecule has 3 heterocycles. The summed E-state index contributed by atoms with van der Waals surface area (Å²) in [5, 5.41) is 25.8. The van der Waals surface area contributed by atoms with E-state index in [4.69, 9.17) is 0 Å². The van der Waals surface area contributed by atoms with Gasteiger partial charge in [-0.15, -0.1) is 0 Å². The van der Waals surface area contributed by atoms with Crippen LogP contribution in [0.15, 0.2) is 34.8 Å². The zero-order valence-electron chi connectivity index (χ0n) is 18.5. The van der Waals surface area contributed by atoms with Crippen molar-refractivity contribution in [2.75, 3.05) is 25.1 Å². The number of pyridine rings is 2. The van der Waals surface area contributed by atoms with Gasteiger partial charge in [0.2, 0.25) is 0 Å². The van der Waals surface area contributed by atoms with E-state index in [-0.39, 0.29) is 29.7 Å². The molecule has 34 heavy (non-hydrogen) atoms. The molecule has 2 aromatic heterocycles. The van der Waals surface area contributed by atoms with Crippen molar-refractivity contribution in [3.63, 3.8) is 0 Å². The summed E-state index contributed by atoms with van der Waals surface area (Å²) in [6.07, 6.45) is 7.16. The van der Waals surface area contributed by atoms with E-state index < -0.39 is 54.1 Å². The lowest BCUT2D eigenvalue weighted by atomic mass is 10.0. The fourth-order valence-electron chi connectivity index (χ4n) is 3.95. The lowest BCUT2D eigenvalue weighted by Gasteiger charge is -2.18. The number of nitrogens with zero attached hydrogens (tertiary/aromatic N) is 2. The van der Waals surface area contributed by atoms with Crippen LogP contribution in [0.1, 0.15) is 35.7 Å². The molecule has 4 N–H and O–H groups in total. The second-order valence-electron chi connectivity index (χ2n) is 8.68. The minimum Gasteiger partial charge on any atom is -0.505 e. The van der Waals surface area contributed by atoms with E-state index in [2.05, 4.69) is 15.6 Å². The van der Waals surface area contributed by atoms with Crippen molar-refractivity contribution in [3.8, 4) is 5.75 Å². The molecule has 1 saturated carbocycles. The number of halogens is 3. The average molecular weight is 478 g/mol. The molecule has 0 bridgehead atoms. The Bertz CT molecular complexity index is 1270. The van der Waals surface area contributed by atoms with Gasteiger partial charge in [-0.2, -0.15) is 0 Å². The molecule has 0 aromatic carbocycles. The zero-order chi connectivity index (χ0) is 24.7. The monoisotopic (exact) mass is 478 g/mol. The Morgan fingerprint density at radius 3 is 2.76 bits per heavy atom. The fourth-order valence-corrected chi connectivity index (χ4v) is 3.95. The number of nitrogens with one attached hydrogen (secondary N) is 2. The summed E-state index contributed by atoms with van der Waals surface area (Å²) >= 11 is 0. The van der Waals surface area contributed by atoms with Crippen LogP contribution in [0.5, 0.6) is 5.75 Å². The van der Waals surface area contributed by atoms with Crippen LogP contribution < -0.4 is 16.2 Å². The summed E-state index contributed by atoms with van der Waals surface area (Å²) in [6, 6.07) is 0. The molecule has 1 fully saturated rings. The molecular formula is C23H25F3N4O4. The molecular weight excluding hydrogens is 453 g/mol. The van der Waals surface area contributed by atoms with Gasteiger partial charge in [0.15, 0.2) is 5.75 Å². The van der Waals surface area contributed by atoms with Crippen LogP contribution in [0.2, 0.25) is 0 Å². The van der Waals surface area contributed by atoms with E-state index in [1.54, 1.807) is 19.1 Å². The Kier molecular flexibility index (Phi) is 6.15. The number of aromatic nitrogens is 2. The summed E-state index contributed by atoms with van der Waals surface area (Å²) < 4.78 is 42.5. The number of aliphatic hydroxyl groups is 1. The number of hydrogen-bond acceptors (Lipinski definition) is 6. The van der Waals surface area contributed by atoms with Gasteiger partial charge in [0.05, 0.1) is 29.9 Å². The van der Waals surface area contributed by atoms with Crippen LogP contribution in [-0.4, -0.2) is 57.0 Å². The van der Waals surface area contributed by atoms with Crippen LogP contribution >= 0.6 is 0 Å². The first-order chi connectivity index (χ1) is 16.1. The number of allylic oxidation sites excluding steroid dienone is 4. The molecule has 0 spiro atoms. The van der Waals surface area contributed by atoms with Gasteiger partial charge in [0.25, 0.3) is 17.4 Å². The quantitative estimate of drug-likeness (QED) is 0.455. The van der Waals surface area contributed by atoms with Crippen LogP contribution in [0, 0.1) is 0 Å².